The van der Waals surface area contributed by atoms with Gasteiger partial charge in [-0.3, -0.25) is 0 Å². The van der Waals surface area contributed by atoms with Crippen LogP contribution in [0.15, 0.2) is 158 Å². The van der Waals surface area contributed by atoms with Crippen LogP contribution in [0.5, 0.6) is 0 Å². The monoisotopic (exact) mass is 794 g/mol. The van der Waals surface area contributed by atoms with E-state index in [2.05, 4.69) is 213 Å². The molecule has 0 N–H and O–H groups in total. The van der Waals surface area contributed by atoms with Crippen LogP contribution < -0.4 is 0 Å². The SMILES string of the molecule is Cc1ccc(C)c(-c2cc(-c3ccc4c(c3)-c3ccccc3C4(C)C)c3ccc4c(-c5cc(C)ccc5C)cc(-c5ccc6c(c5)-c5ccccc5C6(C)C)c5ccc2c3c54)c1. The Hall–Kier alpha value is -6.76. The highest BCUT2D eigenvalue weighted by atomic mass is 14.4. The number of fused-ring (bicyclic) bond motifs is 6. The van der Waals surface area contributed by atoms with Crippen molar-refractivity contribution in [3.63, 3.8) is 0 Å². The first kappa shape index (κ1) is 37.0. The third kappa shape index (κ3) is 5.07. The molecule has 0 nitrogen and oxygen atoms in total. The quantitative estimate of drug-likeness (QED) is 0.156. The highest BCUT2D eigenvalue weighted by Crippen LogP contribution is 2.54. The minimum Gasteiger partial charge on any atom is -0.0619 e. The van der Waals surface area contributed by atoms with Gasteiger partial charge in [-0.15, -0.1) is 0 Å². The van der Waals surface area contributed by atoms with E-state index in [1.165, 1.54) is 144 Å². The van der Waals surface area contributed by atoms with Gasteiger partial charge in [-0.1, -0.05) is 172 Å². The molecule has 62 heavy (non-hydrogen) atoms. The first-order valence-electron chi connectivity index (χ1n) is 22.3. The molecule has 0 saturated heterocycles. The zero-order chi connectivity index (χ0) is 42.4. The molecule has 2 aliphatic rings. The van der Waals surface area contributed by atoms with E-state index in [4.69, 9.17) is 0 Å². The van der Waals surface area contributed by atoms with Crippen LogP contribution >= 0.6 is 0 Å². The number of rotatable bonds is 4. The second-order valence-corrected chi connectivity index (χ2v) is 19.5. The van der Waals surface area contributed by atoms with Crippen molar-refractivity contribution in [3.8, 4) is 66.8 Å². The second kappa shape index (κ2) is 12.9. The summed E-state index contributed by atoms with van der Waals surface area (Å²) in [6.07, 6.45) is 0. The van der Waals surface area contributed by atoms with E-state index in [1.807, 2.05) is 0 Å². The van der Waals surface area contributed by atoms with E-state index >= 15 is 0 Å². The van der Waals surface area contributed by atoms with Gasteiger partial charge in [0.2, 0.25) is 0 Å². The van der Waals surface area contributed by atoms with Crippen LogP contribution in [0.25, 0.3) is 99.1 Å². The van der Waals surface area contributed by atoms with Crippen molar-refractivity contribution in [2.24, 2.45) is 0 Å². The van der Waals surface area contributed by atoms with Crippen LogP contribution in [-0.4, -0.2) is 0 Å². The molecule has 0 unspecified atom stereocenters. The van der Waals surface area contributed by atoms with Gasteiger partial charge >= 0.3 is 0 Å². The minimum atomic E-state index is -0.0485. The lowest BCUT2D eigenvalue weighted by Crippen LogP contribution is -2.14. The molecule has 0 atom stereocenters. The summed E-state index contributed by atoms with van der Waals surface area (Å²) >= 11 is 0. The lowest BCUT2D eigenvalue weighted by atomic mass is 9.79. The molecular formula is C62H50. The summed E-state index contributed by atoms with van der Waals surface area (Å²) in [7, 11) is 0. The van der Waals surface area contributed by atoms with Crippen molar-refractivity contribution < 1.29 is 0 Å². The first-order valence-corrected chi connectivity index (χ1v) is 22.3. The third-order valence-corrected chi connectivity index (χ3v) is 15.1. The standard InChI is InChI=1S/C62H50/c1-35-17-19-37(3)47(29-35)51-33-49(39-21-27-57-53(31-39)41-13-9-11-15-55(41)61(57,5)6)43-24-26-46-52(48-30-36(2)18-20-38(48)4)34-50(44-23-25-45(51)59(43)60(44)46)40-22-28-58-54(32-40)42-14-10-12-16-56(42)62(58,7)8/h9-34H,1-8H3. The smallest absolute Gasteiger partial charge is 0.0158 e. The van der Waals surface area contributed by atoms with E-state index in [9.17, 15) is 0 Å². The zero-order valence-electron chi connectivity index (χ0n) is 37.0. The highest BCUT2D eigenvalue weighted by Gasteiger charge is 2.37. The Labute approximate surface area is 365 Å². The maximum atomic E-state index is 2.50. The van der Waals surface area contributed by atoms with Gasteiger partial charge in [-0.2, -0.15) is 0 Å². The summed E-state index contributed by atoms with van der Waals surface area (Å²) in [5.74, 6) is 0. The minimum absolute atomic E-state index is 0.0485. The Bertz CT molecular complexity index is 3310. The largest absolute Gasteiger partial charge is 0.0619 e. The van der Waals surface area contributed by atoms with Crippen molar-refractivity contribution in [1.29, 1.82) is 0 Å². The Morgan fingerprint density at radius 1 is 0.274 bits per heavy atom. The summed E-state index contributed by atoms with van der Waals surface area (Å²) in [5, 5.41) is 7.89. The molecule has 298 valence electrons. The number of aryl methyl sites for hydroxylation is 4. The first-order chi connectivity index (χ1) is 29.9. The van der Waals surface area contributed by atoms with Crippen LogP contribution in [0.1, 0.15) is 72.2 Å². The van der Waals surface area contributed by atoms with Crippen LogP contribution in [0.2, 0.25) is 0 Å². The van der Waals surface area contributed by atoms with Gasteiger partial charge in [0, 0.05) is 10.8 Å². The molecule has 10 aromatic carbocycles. The molecule has 0 aromatic heterocycles. The van der Waals surface area contributed by atoms with Crippen LogP contribution in [0, 0.1) is 27.7 Å². The van der Waals surface area contributed by atoms with Gasteiger partial charge in [0.05, 0.1) is 0 Å². The van der Waals surface area contributed by atoms with Gasteiger partial charge in [-0.25, -0.2) is 0 Å². The molecule has 0 bridgehead atoms. The maximum absolute atomic E-state index is 2.50. The van der Waals surface area contributed by atoms with Crippen molar-refractivity contribution in [2.75, 3.05) is 0 Å². The molecule has 0 saturated carbocycles. The number of hydrogen-bond donors (Lipinski definition) is 0. The van der Waals surface area contributed by atoms with Gasteiger partial charge in [0.15, 0.2) is 0 Å². The molecular weight excluding hydrogens is 745 g/mol. The molecule has 0 heterocycles. The van der Waals surface area contributed by atoms with Crippen LogP contribution in [0.3, 0.4) is 0 Å². The van der Waals surface area contributed by atoms with Gasteiger partial charge < -0.3 is 0 Å². The Morgan fingerprint density at radius 3 is 1.06 bits per heavy atom. The van der Waals surface area contributed by atoms with E-state index in [-0.39, 0.29) is 10.8 Å². The van der Waals surface area contributed by atoms with Crippen molar-refractivity contribution in [3.05, 3.63) is 202 Å². The Morgan fingerprint density at radius 2 is 0.645 bits per heavy atom. The average Bonchev–Trinajstić information content (AvgIpc) is 3.65. The fourth-order valence-corrected chi connectivity index (χ4v) is 11.7. The predicted octanol–water partition coefficient (Wildman–Crippen LogP) is 17.1. The normalized spacial score (nSPS) is 14.4. The molecule has 0 heteroatoms. The second-order valence-electron chi connectivity index (χ2n) is 19.5. The van der Waals surface area contributed by atoms with E-state index < -0.39 is 0 Å². The summed E-state index contributed by atoms with van der Waals surface area (Å²) in [6, 6.07) is 61.2. The fraction of sp³-hybridized carbons (Fsp3) is 0.161. The van der Waals surface area contributed by atoms with Crippen molar-refractivity contribution in [2.45, 2.75) is 66.2 Å². The third-order valence-electron chi connectivity index (χ3n) is 15.1. The zero-order valence-corrected chi connectivity index (χ0v) is 37.0. The Kier molecular flexibility index (Phi) is 7.70. The fourth-order valence-electron chi connectivity index (χ4n) is 11.7. The molecule has 12 rings (SSSR count). The van der Waals surface area contributed by atoms with E-state index in [1.54, 1.807) is 0 Å². The van der Waals surface area contributed by atoms with Gasteiger partial charge in [0.25, 0.3) is 0 Å². The summed E-state index contributed by atoms with van der Waals surface area (Å²) in [6.45, 7) is 18.5. The maximum Gasteiger partial charge on any atom is 0.0158 e. The predicted molar refractivity (Wildman–Crippen MR) is 266 cm³/mol. The van der Waals surface area contributed by atoms with Crippen LogP contribution in [0.4, 0.5) is 0 Å². The molecule has 0 spiro atoms. The molecule has 10 aromatic rings. The molecule has 0 radical (unpaired) electrons. The van der Waals surface area contributed by atoms with Crippen LogP contribution in [-0.2, 0) is 10.8 Å². The Balaban J connectivity index is 1.21. The summed E-state index contributed by atoms with van der Waals surface area (Å²) < 4.78 is 0. The summed E-state index contributed by atoms with van der Waals surface area (Å²) in [4.78, 5) is 0. The van der Waals surface area contributed by atoms with E-state index in [0.29, 0.717) is 0 Å². The van der Waals surface area contributed by atoms with Gasteiger partial charge in [-0.05, 0) is 184 Å². The van der Waals surface area contributed by atoms with Crippen molar-refractivity contribution in [1.82, 2.24) is 0 Å². The molecule has 0 fully saturated rings. The average molecular weight is 795 g/mol. The topological polar surface area (TPSA) is 0 Å². The molecule has 0 amide bonds. The lowest BCUT2D eigenvalue weighted by molar-refractivity contribution is 0.660. The van der Waals surface area contributed by atoms with Gasteiger partial charge in [0.1, 0.15) is 0 Å². The highest BCUT2D eigenvalue weighted by molar-refractivity contribution is 6.32. The number of hydrogen-bond acceptors (Lipinski definition) is 0. The molecule has 2 aliphatic carbocycles. The summed E-state index contributed by atoms with van der Waals surface area (Å²) in [5.41, 5.74) is 26.3. The van der Waals surface area contributed by atoms with Crippen molar-refractivity contribution >= 4 is 32.3 Å². The number of benzene rings is 10. The van der Waals surface area contributed by atoms with E-state index in [0.717, 1.165) is 0 Å². The lowest BCUT2D eigenvalue weighted by Gasteiger charge is -2.24. The molecule has 0 aliphatic heterocycles.